The number of hydrogen-bond donors (Lipinski definition) is 0. The molecule has 0 saturated heterocycles. The molecule has 0 aliphatic carbocycles. The molecule has 0 atom stereocenters. The van der Waals surface area contributed by atoms with E-state index in [-0.39, 0.29) is 0 Å². The fourth-order valence-corrected chi connectivity index (χ4v) is 2.15. The Morgan fingerprint density at radius 2 is 2.25 bits per heavy atom. The number of furan rings is 1. The van der Waals surface area contributed by atoms with Crippen LogP contribution < -0.4 is 0 Å². The molecule has 1 aliphatic rings. The van der Waals surface area contributed by atoms with E-state index in [2.05, 4.69) is 27.9 Å². The lowest BCUT2D eigenvalue weighted by molar-refractivity contribution is 0.511. The largest absolute Gasteiger partial charge is 0.469 e. The Kier molecular flexibility index (Phi) is 2.37. The van der Waals surface area contributed by atoms with Gasteiger partial charge in [0.1, 0.15) is 5.76 Å². The Bertz CT molecular complexity index is 494. The first kappa shape index (κ1) is 9.46. The molecule has 16 heavy (non-hydrogen) atoms. The van der Waals surface area contributed by atoms with Crippen LogP contribution in [0.4, 0.5) is 0 Å². The molecular weight excluding hydrogens is 200 g/mol. The van der Waals surface area contributed by atoms with Crippen LogP contribution in [-0.4, -0.2) is 16.8 Å². The summed E-state index contributed by atoms with van der Waals surface area (Å²) in [7, 11) is 0. The summed E-state index contributed by atoms with van der Waals surface area (Å²) in [5, 5.41) is 0. The van der Waals surface area contributed by atoms with Gasteiger partial charge in [-0.3, -0.25) is 4.99 Å². The molecule has 0 saturated carbocycles. The molecule has 0 fully saturated rings. The Labute approximate surface area is 94.4 Å². The van der Waals surface area contributed by atoms with E-state index in [1.165, 1.54) is 11.4 Å². The van der Waals surface area contributed by atoms with Crippen molar-refractivity contribution in [1.82, 2.24) is 4.57 Å². The summed E-state index contributed by atoms with van der Waals surface area (Å²) in [6.07, 6.45) is 5.73. The molecule has 3 rings (SSSR count). The van der Waals surface area contributed by atoms with Gasteiger partial charge in [-0.15, -0.1) is 0 Å². The third-order valence-corrected chi connectivity index (χ3v) is 2.96. The van der Waals surface area contributed by atoms with Crippen LogP contribution >= 0.6 is 0 Å². The Hall–Kier alpha value is -1.77. The molecule has 82 valence electrons. The monoisotopic (exact) mass is 214 g/mol. The average molecular weight is 214 g/mol. The van der Waals surface area contributed by atoms with Crippen molar-refractivity contribution in [2.75, 3.05) is 6.54 Å². The van der Waals surface area contributed by atoms with Crippen molar-refractivity contribution in [2.45, 2.75) is 19.4 Å². The molecule has 3 heterocycles. The van der Waals surface area contributed by atoms with Crippen molar-refractivity contribution in [3.63, 3.8) is 0 Å². The fourth-order valence-electron chi connectivity index (χ4n) is 2.15. The number of aryl methyl sites for hydroxylation is 1. The third-order valence-electron chi connectivity index (χ3n) is 2.96. The molecule has 0 N–H and O–H groups in total. The van der Waals surface area contributed by atoms with Crippen molar-refractivity contribution in [3.05, 3.63) is 48.2 Å². The molecule has 0 amide bonds. The van der Waals surface area contributed by atoms with Gasteiger partial charge in [-0.1, -0.05) is 0 Å². The molecule has 3 heteroatoms. The first-order valence-electron chi connectivity index (χ1n) is 5.65. The van der Waals surface area contributed by atoms with E-state index in [4.69, 9.17) is 4.42 Å². The quantitative estimate of drug-likeness (QED) is 0.772. The van der Waals surface area contributed by atoms with E-state index >= 15 is 0 Å². The van der Waals surface area contributed by atoms with Gasteiger partial charge in [0.2, 0.25) is 0 Å². The summed E-state index contributed by atoms with van der Waals surface area (Å²) < 4.78 is 7.60. The number of aliphatic imine (C=N–C) groups is 1. The Morgan fingerprint density at radius 3 is 3.12 bits per heavy atom. The Balaban J connectivity index is 1.74. The van der Waals surface area contributed by atoms with Crippen LogP contribution in [0.5, 0.6) is 0 Å². The second kappa shape index (κ2) is 4.00. The summed E-state index contributed by atoms with van der Waals surface area (Å²) in [6, 6.07) is 8.17. The lowest BCUT2D eigenvalue weighted by atomic mass is 10.1. The predicted molar refractivity (Wildman–Crippen MR) is 62.9 cm³/mol. The summed E-state index contributed by atoms with van der Waals surface area (Å²) in [4.78, 5) is 4.60. The van der Waals surface area contributed by atoms with Gasteiger partial charge < -0.3 is 8.98 Å². The van der Waals surface area contributed by atoms with Crippen molar-refractivity contribution in [3.8, 4) is 0 Å². The minimum absolute atomic E-state index is 0.898. The van der Waals surface area contributed by atoms with Crippen LogP contribution in [0.25, 0.3) is 0 Å². The van der Waals surface area contributed by atoms with Crippen LogP contribution in [0, 0.1) is 0 Å². The van der Waals surface area contributed by atoms with Crippen LogP contribution in [-0.2, 0) is 13.0 Å². The van der Waals surface area contributed by atoms with Gasteiger partial charge in [0.25, 0.3) is 0 Å². The highest BCUT2D eigenvalue weighted by Gasteiger charge is 2.13. The van der Waals surface area contributed by atoms with Gasteiger partial charge in [0.15, 0.2) is 0 Å². The lowest BCUT2D eigenvalue weighted by Crippen LogP contribution is -2.17. The third kappa shape index (κ3) is 1.69. The fraction of sp³-hybridized carbons (Fsp3) is 0.308. The van der Waals surface area contributed by atoms with Gasteiger partial charge >= 0.3 is 0 Å². The first-order valence-corrected chi connectivity index (χ1v) is 5.65. The molecular formula is C13H14N2O. The molecule has 0 spiro atoms. The maximum absolute atomic E-state index is 5.33. The van der Waals surface area contributed by atoms with E-state index in [1.54, 1.807) is 6.26 Å². The second-order valence-corrected chi connectivity index (χ2v) is 3.99. The maximum atomic E-state index is 5.33. The molecule has 0 aromatic carbocycles. The molecule has 2 aromatic rings. The van der Waals surface area contributed by atoms with Gasteiger partial charge in [-0.05, 0) is 30.7 Å². The molecule has 3 nitrogen and oxygen atoms in total. The SMILES string of the molecule is c1coc(CCC2=NCCn3cccc32)c1. The molecule has 0 bridgehead atoms. The number of aromatic nitrogens is 1. The zero-order chi connectivity index (χ0) is 10.8. The normalized spacial score (nSPS) is 14.6. The zero-order valence-electron chi connectivity index (χ0n) is 9.10. The highest BCUT2D eigenvalue weighted by atomic mass is 16.3. The highest BCUT2D eigenvalue weighted by molar-refractivity contribution is 5.99. The average Bonchev–Trinajstić information content (AvgIpc) is 2.97. The molecule has 0 unspecified atom stereocenters. The van der Waals surface area contributed by atoms with Gasteiger partial charge in [0, 0.05) is 19.2 Å². The first-order chi connectivity index (χ1) is 7.93. The van der Waals surface area contributed by atoms with E-state index in [9.17, 15) is 0 Å². The number of fused-ring (bicyclic) bond motifs is 1. The van der Waals surface area contributed by atoms with E-state index in [0.29, 0.717) is 0 Å². The summed E-state index contributed by atoms with van der Waals surface area (Å²) in [5.41, 5.74) is 2.46. The van der Waals surface area contributed by atoms with Crippen molar-refractivity contribution < 1.29 is 4.42 Å². The van der Waals surface area contributed by atoms with Crippen molar-refractivity contribution in [2.24, 2.45) is 4.99 Å². The highest BCUT2D eigenvalue weighted by Crippen LogP contribution is 2.14. The minimum atomic E-state index is 0.898. The Morgan fingerprint density at radius 1 is 1.25 bits per heavy atom. The van der Waals surface area contributed by atoms with Gasteiger partial charge in [-0.25, -0.2) is 0 Å². The summed E-state index contributed by atoms with van der Waals surface area (Å²) >= 11 is 0. The van der Waals surface area contributed by atoms with Crippen LogP contribution in [0.1, 0.15) is 17.9 Å². The second-order valence-electron chi connectivity index (χ2n) is 3.99. The van der Waals surface area contributed by atoms with E-state index < -0.39 is 0 Å². The van der Waals surface area contributed by atoms with Crippen LogP contribution in [0.15, 0.2) is 46.1 Å². The zero-order valence-corrected chi connectivity index (χ0v) is 9.10. The smallest absolute Gasteiger partial charge is 0.104 e. The lowest BCUT2D eigenvalue weighted by Gasteiger charge is -2.15. The van der Waals surface area contributed by atoms with Gasteiger partial charge in [0.05, 0.1) is 24.2 Å². The van der Waals surface area contributed by atoms with Crippen LogP contribution in [0.2, 0.25) is 0 Å². The predicted octanol–water partition coefficient (Wildman–Crippen LogP) is 2.52. The van der Waals surface area contributed by atoms with Crippen LogP contribution in [0.3, 0.4) is 0 Å². The van der Waals surface area contributed by atoms with Gasteiger partial charge in [-0.2, -0.15) is 0 Å². The molecule has 2 aromatic heterocycles. The van der Waals surface area contributed by atoms with Crippen molar-refractivity contribution >= 4 is 5.71 Å². The number of rotatable bonds is 3. The summed E-state index contributed by atoms with van der Waals surface area (Å²) in [6.45, 7) is 1.90. The van der Waals surface area contributed by atoms with E-state index in [1.807, 2.05) is 12.1 Å². The topological polar surface area (TPSA) is 30.4 Å². The molecule has 1 aliphatic heterocycles. The van der Waals surface area contributed by atoms with Crippen molar-refractivity contribution in [1.29, 1.82) is 0 Å². The maximum Gasteiger partial charge on any atom is 0.104 e. The molecule has 0 radical (unpaired) electrons. The number of hydrogen-bond acceptors (Lipinski definition) is 2. The van der Waals surface area contributed by atoms with E-state index in [0.717, 1.165) is 31.7 Å². The standard InChI is InChI=1S/C13H14N2O/c1-4-13-12(14-7-9-15(13)8-1)6-5-11-3-2-10-16-11/h1-4,8,10H,5-7,9H2. The summed E-state index contributed by atoms with van der Waals surface area (Å²) in [5.74, 6) is 1.03. The minimum Gasteiger partial charge on any atom is -0.469 e. The number of nitrogens with zero attached hydrogens (tertiary/aromatic N) is 2.